The molecule has 0 atom stereocenters. The van der Waals surface area contributed by atoms with Gasteiger partial charge in [0.25, 0.3) is 0 Å². The molecule has 1 aromatic rings. The first-order chi connectivity index (χ1) is 10.6. The van der Waals surface area contributed by atoms with Gasteiger partial charge in [-0.2, -0.15) is 0 Å². The van der Waals surface area contributed by atoms with Crippen LogP contribution in [0.3, 0.4) is 0 Å². The van der Waals surface area contributed by atoms with E-state index in [0.29, 0.717) is 6.54 Å². The largest absolute Gasteiger partial charge is 0.345 e. The molecular formula is C19H30N2O2. The van der Waals surface area contributed by atoms with Crippen LogP contribution in [0.5, 0.6) is 0 Å². The van der Waals surface area contributed by atoms with Crippen molar-refractivity contribution >= 4 is 17.5 Å². The third kappa shape index (κ3) is 4.57. The molecule has 0 saturated heterocycles. The summed E-state index contributed by atoms with van der Waals surface area (Å²) in [5.41, 5.74) is 2.90. The molecule has 2 amide bonds. The Balaban J connectivity index is 2.93. The SMILES string of the molecule is CCCCN(C)C(=O)C(C)(C)C(=O)Nc1c(C)cc(C)cc1C. The highest BCUT2D eigenvalue weighted by Crippen LogP contribution is 2.26. The summed E-state index contributed by atoms with van der Waals surface area (Å²) >= 11 is 0. The van der Waals surface area contributed by atoms with Crippen molar-refractivity contribution in [2.45, 2.75) is 54.4 Å². The minimum Gasteiger partial charge on any atom is -0.345 e. The van der Waals surface area contributed by atoms with Gasteiger partial charge in [-0.1, -0.05) is 31.0 Å². The van der Waals surface area contributed by atoms with Gasteiger partial charge in [-0.15, -0.1) is 0 Å². The molecule has 1 N–H and O–H groups in total. The Hall–Kier alpha value is -1.84. The number of rotatable bonds is 6. The second kappa shape index (κ2) is 7.62. The van der Waals surface area contributed by atoms with Gasteiger partial charge in [0.05, 0.1) is 0 Å². The Morgan fingerprint density at radius 2 is 1.65 bits per heavy atom. The fraction of sp³-hybridized carbons (Fsp3) is 0.579. The molecule has 0 aromatic heterocycles. The average Bonchev–Trinajstić information content (AvgIpc) is 2.47. The van der Waals surface area contributed by atoms with Crippen LogP contribution in [0.15, 0.2) is 12.1 Å². The molecule has 23 heavy (non-hydrogen) atoms. The van der Waals surface area contributed by atoms with Gasteiger partial charge in [-0.25, -0.2) is 0 Å². The van der Waals surface area contributed by atoms with E-state index in [-0.39, 0.29) is 11.8 Å². The van der Waals surface area contributed by atoms with Gasteiger partial charge < -0.3 is 10.2 Å². The van der Waals surface area contributed by atoms with Gasteiger partial charge in [0.2, 0.25) is 11.8 Å². The van der Waals surface area contributed by atoms with Crippen LogP contribution in [0.4, 0.5) is 5.69 Å². The van der Waals surface area contributed by atoms with Crippen LogP contribution in [0, 0.1) is 26.2 Å². The highest BCUT2D eigenvalue weighted by molar-refractivity contribution is 6.10. The average molecular weight is 318 g/mol. The first-order valence-electron chi connectivity index (χ1n) is 8.26. The molecule has 0 heterocycles. The summed E-state index contributed by atoms with van der Waals surface area (Å²) in [5.74, 6) is -0.410. The Morgan fingerprint density at radius 1 is 1.13 bits per heavy atom. The molecule has 0 aliphatic heterocycles. The Kier molecular flexibility index (Phi) is 6.37. The van der Waals surface area contributed by atoms with Crippen LogP contribution in [0.25, 0.3) is 0 Å². The number of hydrogen-bond acceptors (Lipinski definition) is 2. The normalized spacial score (nSPS) is 11.3. The first-order valence-corrected chi connectivity index (χ1v) is 8.26. The molecule has 4 heteroatoms. The van der Waals surface area contributed by atoms with Crippen molar-refractivity contribution in [3.05, 3.63) is 28.8 Å². The Labute approximate surface area is 140 Å². The topological polar surface area (TPSA) is 49.4 Å². The van der Waals surface area contributed by atoms with E-state index < -0.39 is 5.41 Å². The fourth-order valence-corrected chi connectivity index (χ4v) is 2.72. The molecule has 0 aliphatic rings. The number of nitrogens with zero attached hydrogens (tertiary/aromatic N) is 1. The number of carbonyl (C=O) groups is 2. The van der Waals surface area contributed by atoms with Gasteiger partial charge in [-0.05, 0) is 52.2 Å². The van der Waals surface area contributed by atoms with Crippen LogP contribution in [-0.4, -0.2) is 30.3 Å². The Morgan fingerprint density at radius 3 is 2.13 bits per heavy atom. The molecule has 0 saturated carbocycles. The number of amides is 2. The van der Waals surface area contributed by atoms with Gasteiger partial charge >= 0.3 is 0 Å². The second-order valence-corrected chi connectivity index (χ2v) is 6.93. The predicted octanol–water partition coefficient (Wildman–Crippen LogP) is 3.84. The third-order valence-corrected chi connectivity index (χ3v) is 4.21. The van der Waals surface area contributed by atoms with Crippen molar-refractivity contribution in [2.75, 3.05) is 18.9 Å². The summed E-state index contributed by atoms with van der Waals surface area (Å²) in [7, 11) is 1.76. The van der Waals surface area contributed by atoms with Crippen LogP contribution in [-0.2, 0) is 9.59 Å². The number of benzene rings is 1. The molecule has 1 aromatic carbocycles. The van der Waals surface area contributed by atoms with E-state index in [1.54, 1.807) is 25.8 Å². The van der Waals surface area contributed by atoms with E-state index in [9.17, 15) is 9.59 Å². The lowest BCUT2D eigenvalue weighted by Gasteiger charge is -2.29. The van der Waals surface area contributed by atoms with E-state index in [1.807, 2.05) is 32.9 Å². The zero-order valence-corrected chi connectivity index (χ0v) is 15.5. The van der Waals surface area contributed by atoms with E-state index in [4.69, 9.17) is 0 Å². The lowest BCUT2D eigenvalue weighted by Crippen LogP contribution is -2.46. The van der Waals surface area contributed by atoms with Gasteiger partial charge in [0, 0.05) is 19.3 Å². The summed E-state index contributed by atoms with van der Waals surface area (Å²) in [6.45, 7) is 12.1. The van der Waals surface area contributed by atoms with Crippen LogP contribution < -0.4 is 5.32 Å². The van der Waals surface area contributed by atoms with Gasteiger partial charge in [0.15, 0.2) is 0 Å². The molecule has 128 valence electrons. The fourth-order valence-electron chi connectivity index (χ4n) is 2.72. The number of anilines is 1. The van der Waals surface area contributed by atoms with Gasteiger partial charge in [-0.3, -0.25) is 9.59 Å². The number of nitrogens with one attached hydrogen (secondary N) is 1. The maximum absolute atomic E-state index is 12.7. The summed E-state index contributed by atoms with van der Waals surface area (Å²) in [6.07, 6.45) is 1.96. The van der Waals surface area contributed by atoms with Crippen molar-refractivity contribution < 1.29 is 9.59 Å². The molecule has 0 radical (unpaired) electrons. The summed E-state index contributed by atoms with van der Waals surface area (Å²) in [5, 5.41) is 2.95. The van der Waals surface area contributed by atoms with Crippen LogP contribution in [0.1, 0.15) is 50.3 Å². The number of hydrogen-bond donors (Lipinski definition) is 1. The number of unbranched alkanes of at least 4 members (excludes halogenated alkanes) is 1. The molecule has 1 rings (SSSR count). The molecular weight excluding hydrogens is 288 g/mol. The number of carbonyl (C=O) groups excluding carboxylic acids is 2. The predicted molar refractivity (Wildman–Crippen MR) is 95.6 cm³/mol. The first kappa shape index (κ1) is 19.2. The highest BCUT2D eigenvalue weighted by Gasteiger charge is 2.38. The standard InChI is InChI=1S/C19H30N2O2/c1-8-9-10-21(7)18(23)19(5,6)17(22)20-16-14(3)11-13(2)12-15(16)4/h11-12H,8-10H2,1-7H3,(H,20,22). The lowest BCUT2D eigenvalue weighted by molar-refractivity contribution is -0.145. The maximum Gasteiger partial charge on any atom is 0.239 e. The number of aryl methyl sites for hydroxylation is 3. The second-order valence-electron chi connectivity index (χ2n) is 6.93. The molecule has 0 bridgehead atoms. The smallest absolute Gasteiger partial charge is 0.239 e. The minimum atomic E-state index is -1.09. The van der Waals surface area contributed by atoms with E-state index in [2.05, 4.69) is 12.2 Å². The van der Waals surface area contributed by atoms with Crippen molar-refractivity contribution in [1.82, 2.24) is 4.90 Å². The minimum absolute atomic E-state index is 0.147. The molecule has 0 unspecified atom stereocenters. The monoisotopic (exact) mass is 318 g/mol. The third-order valence-electron chi connectivity index (χ3n) is 4.21. The zero-order valence-electron chi connectivity index (χ0n) is 15.5. The van der Waals surface area contributed by atoms with E-state index in [0.717, 1.165) is 35.2 Å². The van der Waals surface area contributed by atoms with Crippen LogP contribution >= 0.6 is 0 Å². The molecule has 0 spiro atoms. The van der Waals surface area contributed by atoms with Crippen molar-refractivity contribution in [2.24, 2.45) is 5.41 Å². The summed E-state index contributed by atoms with van der Waals surface area (Å²) in [4.78, 5) is 26.9. The molecule has 0 fully saturated rings. The highest BCUT2D eigenvalue weighted by atomic mass is 16.2. The van der Waals surface area contributed by atoms with Crippen molar-refractivity contribution in [3.8, 4) is 0 Å². The van der Waals surface area contributed by atoms with Crippen molar-refractivity contribution in [3.63, 3.8) is 0 Å². The molecule has 4 nitrogen and oxygen atoms in total. The Bertz CT molecular complexity index is 568. The van der Waals surface area contributed by atoms with Crippen molar-refractivity contribution in [1.29, 1.82) is 0 Å². The summed E-state index contributed by atoms with van der Waals surface area (Å²) in [6, 6.07) is 4.07. The maximum atomic E-state index is 12.7. The van der Waals surface area contributed by atoms with E-state index >= 15 is 0 Å². The quantitative estimate of drug-likeness (QED) is 0.810. The van der Waals surface area contributed by atoms with Crippen LogP contribution in [0.2, 0.25) is 0 Å². The summed E-state index contributed by atoms with van der Waals surface area (Å²) < 4.78 is 0. The van der Waals surface area contributed by atoms with Gasteiger partial charge in [0.1, 0.15) is 5.41 Å². The zero-order chi connectivity index (χ0) is 17.8. The van der Waals surface area contributed by atoms with E-state index in [1.165, 1.54) is 0 Å². The molecule has 0 aliphatic carbocycles. The lowest BCUT2D eigenvalue weighted by atomic mass is 9.89.